The number of nitrogens with two attached hydrogens (primary N) is 2. The second kappa shape index (κ2) is 8.68. The Morgan fingerprint density at radius 2 is 2.06 bits per heavy atom. The van der Waals surface area contributed by atoms with Gasteiger partial charge in [0.25, 0.3) is 0 Å². The van der Waals surface area contributed by atoms with Crippen LogP contribution in [0.25, 0.3) is 0 Å². The van der Waals surface area contributed by atoms with Crippen molar-refractivity contribution in [1.82, 2.24) is 15.2 Å². The number of benzene rings is 1. The number of nitriles is 2. The maximum absolute atomic E-state index is 14.2. The lowest BCUT2D eigenvalue weighted by Crippen LogP contribution is -2.34. The van der Waals surface area contributed by atoms with Gasteiger partial charge in [-0.15, -0.1) is 0 Å². The highest BCUT2D eigenvalue weighted by atomic mass is 32.2. The lowest BCUT2D eigenvalue weighted by molar-refractivity contribution is 0.293. The van der Waals surface area contributed by atoms with E-state index >= 15 is 0 Å². The molecule has 11 heteroatoms. The average Bonchev–Trinajstić information content (AvgIpc) is 2.74. The van der Waals surface area contributed by atoms with Gasteiger partial charge in [0.1, 0.15) is 35.1 Å². The van der Waals surface area contributed by atoms with E-state index in [1.807, 2.05) is 24.0 Å². The van der Waals surface area contributed by atoms with Crippen LogP contribution in [0.1, 0.15) is 28.3 Å². The Hall–Kier alpha value is -3.54. The van der Waals surface area contributed by atoms with E-state index in [1.165, 1.54) is 12.1 Å². The third-order valence-electron chi connectivity index (χ3n) is 5.25. The zero-order valence-corrected chi connectivity index (χ0v) is 17.3. The first kappa shape index (κ1) is 20.7. The van der Waals surface area contributed by atoms with Crippen LogP contribution in [0, 0.1) is 28.6 Å². The number of nitrogens with one attached hydrogen (secondary N) is 2. The van der Waals surface area contributed by atoms with Crippen LogP contribution in [0.3, 0.4) is 0 Å². The predicted molar refractivity (Wildman–Crippen MR) is 118 cm³/mol. The zero-order valence-electron chi connectivity index (χ0n) is 16.5. The van der Waals surface area contributed by atoms with Gasteiger partial charge < -0.3 is 16.8 Å². The second-order valence-corrected chi connectivity index (χ2v) is 8.36. The highest BCUT2D eigenvalue weighted by molar-refractivity contribution is 7.99. The lowest BCUT2D eigenvalue weighted by atomic mass is 9.91. The first-order chi connectivity index (χ1) is 15.0. The van der Waals surface area contributed by atoms with E-state index in [2.05, 4.69) is 25.5 Å². The molecule has 2 aliphatic heterocycles. The number of fused-ring (bicyclic) bond motifs is 1. The Labute approximate surface area is 182 Å². The van der Waals surface area contributed by atoms with Gasteiger partial charge in [-0.3, -0.25) is 10.2 Å². The summed E-state index contributed by atoms with van der Waals surface area (Å²) in [7, 11) is 0. The molecule has 6 N–H and O–H groups in total. The summed E-state index contributed by atoms with van der Waals surface area (Å²) in [6.45, 7) is 2.37. The summed E-state index contributed by atoms with van der Waals surface area (Å²) >= 11 is 1.90. The first-order valence-corrected chi connectivity index (χ1v) is 10.7. The van der Waals surface area contributed by atoms with Gasteiger partial charge in [0.2, 0.25) is 5.96 Å². The largest absolute Gasteiger partial charge is 0.397 e. The first-order valence-electron chi connectivity index (χ1n) is 9.59. The SMILES string of the molecule is N#CNC1=NC(c2ccc(F)cc2CN2CCSCC2)c2c(nc(N)c(C#N)c2N)N1. The maximum atomic E-state index is 14.2. The Bertz CT molecular complexity index is 1130. The molecule has 2 aliphatic rings. The fourth-order valence-electron chi connectivity index (χ4n) is 3.78. The third kappa shape index (κ3) is 4.06. The molecule has 9 nitrogen and oxygen atoms in total. The highest BCUT2D eigenvalue weighted by Crippen LogP contribution is 2.41. The molecule has 158 valence electrons. The molecule has 2 aromatic rings. The standard InChI is InChI=1S/C20H20FN9S/c21-12-1-2-13(11(7-12)9-30-3-5-31-6-4-30)17-15-16(24)14(8-22)18(25)28-19(15)29-20(27-17)26-10-23/h1-2,7,17H,3-6,9H2,(H6,24,25,26,27,28,29). The number of halogens is 1. The molecule has 3 heterocycles. The lowest BCUT2D eigenvalue weighted by Gasteiger charge is -2.30. The smallest absolute Gasteiger partial charge is 0.211 e. The van der Waals surface area contributed by atoms with Crippen LogP contribution in [0.5, 0.6) is 0 Å². The summed E-state index contributed by atoms with van der Waals surface area (Å²) in [5.74, 6) is 2.15. The summed E-state index contributed by atoms with van der Waals surface area (Å²) < 4.78 is 14.2. The summed E-state index contributed by atoms with van der Waals surface area (Å²) in [5.41, 5.74) is 14.4. The van der Waals surface area contributed by atoms with Gasteiger partial charge in [-0.25, -0.2) is 14.4 Å². The summed E-state index contributed by atoms with van der Waals surface area (Å²) in [6, 6.07) is 5.82. The van der Waals surface area contributed by atoms with Gasteiger partial charge in [-0.2, -0.15) is 22.3 Å². The number of anilines is 3. The second-order valence-electron chi connectivity index (χ2n) is 7.13. The van der Waals surface area contributed by atoms with Crippen molar-refractivity contribution in [1.29, 1.82) is 10.5 Å². The van der Waals surface area contributed by atoms with Crippen LogP contribution in [-0.2, 0) is 6.54 Å². The molecule has 1 aromatic carbocycles. The van der Waals surface area contributed by atoms with Crippen molar-refractivity contribution < 1.29 is 4.39 Å². The number of hydrogen-bond acceptors (Lipinski definition) is 10. The number of guanidine groups is 1. The van der Waals surface area contributed by atoms with E-state index in [9.17, 15) is 9.65 Å². The fraction of sp³-hybridized carbons (Fsp3) is 0.300. The molecule has 1 fully saturated rings. The minimum Gasteiger partial charge on any atom is -0.397 e. The molecule has 1 saturated heterocycles. The van der Waals surface area contributed by atoms with Crippen LogP contribution in [0.4, 0.5) is 21.7 Å². The molecule has 1 atom stereocenters. The van der Waals surface area contributed by atoms with Crippen molar-refractivity contribution in [3.63, 3.8) is 0 Å². The molecule has 1 unspecified atom stereocenters. The molecule has 4 rings (SSSR count). The van der Waals surface area contributed by atoms with Gasteiger partial charge in [0.15, 0.2) is 6.19 Å². The van der Waals surface area contributed by atoms with E-state index < -0.39 is 6.04 Å². The molecule has 0 aliphatic carbocycles. The van der Waals surface area contributed by atoms with Crippen LogP contribution in [0.15, 0.2) is 23.2 Å². The molecule has 0 radical (unpaired) electrons. The molecule has 31 heavy (non-hydrogen) atoms. The molecular weight excluding hydrogens is 417 g/mol. The van der Waals surface area contributed by atoms with E-state index in [0.717, 1.165) is 35.7 Å². The fourth-order valence-corrected chi connectivity index (χ4v) is 4.76. The van der Waals surface area contributed by atoms with Crippen molar-refractivity contribution in [3.8, 4) is 12.3 Å². The van der Waals surface area contributed by atoms with Gasteiger partial charge in [-0.05, 0) is 23.3 Å². The Morgan fingerprint density at radius 3 is 2.77 bits per heavy atom. The highest BCUT2D eigenvalue weighted by Gasteiger charge is 2.31. The maximum Gasteiger partial charge on any atom is 0.211 e. The van der Waals surface area contributed by atoms with Crippen LogP contribution in [-0.4, -0.2) is 40.4 Å². The van der Waals surface area contributed by atoms with Crippen molar-refractivity contribution in [2.24, 2.45) is 4.99 Å². The molecule has 0 bridgehead atoms. The van der Waals surface area contributed by atoms with E-state index in [0.29, 0.717) is 17.9 Å². The van der Waals surface area contributed by atoms with Gasteiger partial charge in [0, 0.05) is 36.7 Å². The Morgan fingerprint density at radius 1 is 1.29 bits per heavy atom. The summed E-state index contributed by atoms with van der Waals surface area (Å²) in [4.78, 5) is 11.1. The molecular formula is C20H20FN9S. The minimum absolute atomic E-state index is 0.0200. The number of pyridine rings is 1. The molecule has 0 saturated carbocycles. The van der Waals surface area contributed by atoms with Gasteiger partial charge >= 0.3 is 0 Å². The van der Waals surface area contributed by atoms with Crippen LogP contribution >= 0.6 is 11.8 Å². The number of nitrogens with zero attached hydrogens (tertiary/aromatic N) is 5. The number of aromatic nitrogens is 1. The van der Waals surface area contributed by atoms with Gasteiger partial charge in [0.05, 0.1) is 5.69 Å². The summed E-state index contributed by atoms with van der Waals surface area (Å²) in [6.07, 6.45) is 1.82. The molecule has 0 amide bonds. The van der Waals surface area contributed by atoms with Crippen molar-refractivity contribution in [3.05, 3.63) is 46.3 Å². The molecule has 1 aromatic heterocycles. The third-order valence-corrected chi connectivity index (χ3v) is 6.20. The summed E-state index contributed by atoms with van der Waals surface area (Å²) in [5, 5.41) is 23.9. The van der Waals surface area contributed by atoms with Crippen LogP contribution in [0.2, 0.25) is 0 Å². The predicted octanol–water partition coefficient (Wildman–Crippen LogP) is 1.75. The van der Waals surface area contributed by atoms with E-state index in [4.69, 9.17) is 16.7 Å². The van der Waals surface area contributed by atoms with Crippen LogP contribution < -0.4 is 22.1 Å². The normalized spacial score (nSPS) is 18.2. The minimum atomic E-state index is -0.693. The van der Waals surface area contributed by atoms with Gasteiger partial charge in [-0.1, -0.05) is 6.07 Å². The van der Waals surface area contributed by atoms with E-state index in [1.54, 1.807) is 6.07 Å². The Balaban J connectivity index is 1.85. The van der Waals surface area contributed by atoms with E-state index in [-0.39, 0.29) is 28.8 Å². The number of nitrogen functional groups attached to an aromatic ring is 2. The monoisotopic (exact) mass is 437 g/mol. The topological polar surface area (TPSA) is 152 Å². The number of rotatable bonds is 3. The zero-order chi connectivity index (χ0) is 22.0. The quantitative estimate of drug-likeness (QED) is 0.415. The number of aliphatic imine (C=N–C) groups is 1. The average molecular weight is 438 g/mol. The van der Waals surface area contributed by atoms with Crippen molar-refractivity contribution >= 4 is 35.0 Å². The van der Waals surface area contributed by atoms with Crippen molar-refractivity contribution in [2.45, 2.75) is 12.6 Å². The van der Waals surface area contributed by atoms with Crippen molar-refractivity contribution in [2.75, 3.05) is 41.4 Å². The molecule has 0 spiro atoms. The number of hydrogen-bond donors (Lipinski definition) is 4. The Kier molecular flexibility index (Phi) is 5.80. The number of thioether (sulfide) groups is 1.